The predicted octanol–water partition coefficient (Wildman–Crippen LogP) is 2.05. The average molecular weight is 318 g/mol. The Hall–Kier alpha value is -1.59. The van der Waals surface area contributed by atoms with Gasteiger partial charge in [-0.2, -0.15) is 0 Å². The van der Waals surface area contributed by atoms with Gasteiger partial charge in [-0.3, -0.25) is 0 Å². The van der Waals surface area contributed by atoms with Crippen LogP contribution in [0.5, 0.6) is 0 Å². The van der Waals surface area contributed by atoms with Crippen molar-refractivity contribution in [2.24, 2.45) is 11.3 Å². The molecule has 1 aliphatic carbocycles. The molecule has 1 saturated heterocycles. The molecule has 5 nitrogen and oxygen atoms in total. The van der Waals surface area contributed by atoms with Crippen LogP contribution in [0.25, 0.3) is 0 Å². The molecule has 0 spiro atoms. The van der Waals surface area contributed by atoms with Gasteiger partial charge in [-0.25, -0.2) is 4.79 Å². The van der Waals surface area contributed by atoms with E-state index in [2.05, 4.69) is 10.6 Å². The number of benzene rings is 1. The van der Waals surface area contributed by atoms with Crippen LogP contribution in [0.3, 0.4) is 0 Å². The van der Waals surface area contributed by atoms with Gasteiger partial charge in [0.15, 0.2) is 0 Å². The maximum absolute atomic E-state index is 12.0. The van der Waals surface area contributed by atoms with Crippen LogP contribution < -0.4 is 10.6 Å². The third kappa shape index (κ3) is 3.85. The quantitative estimate of drug-likeness (QED) is 0.795. The van der Waals surface area contributed by atoms with Crippen molar-refractivity contribution in [2.45, 2.75) is 38.3 Å². The van der Waals surface area contributed by atoms with Crippen LogP contribution in [-0.4, -0.2) is 36.9 Å². The maximum atomic E-state index is 12.0. The first-order valence-electron chi connectivity index (χ1n) is 8.51. The Morgan fingerprint density at radius 2 is 2.17 bits per heavy atom. The summed E-state index contributed by atoms with van der Waals surface area (Å²) in [4.78, 5) is 12.0. The van der Waals surface area contributed by atoms with Gasteiger partial charge in [-0.15, -0.1) is 0 Å². The van der Waals surface area contributed by atoms with Crippen LogP contribution in [0.1, 0.15) is 31.2 Å². The summed E-state index contributed by atoms with van der Waals surface area (Å²) in [6.45, 7) is 2.42. The van der Waals surface area contributed by atoms with Crippen LogP contribution in [0.15, 0.2) is 30.3 Å². The number of hydrogen-bond donors (Lipinski definition) is 3. The van der Waals surface area contributed by atoms with E-state index in [1.165, 1.54) is 0 Å². The molecule has 1 saturated carbocycles. The van der Waals surface area contributed by atoms with E-state index < -0.39 is 0 Å². The van der Waals surface area contributed by atoms with E-state index in [0.717, 1.165) is 44.3 Å². The van der Waals surface area contributed by atoms with Crippen molar-refractivity contribution >= 4 is 6.09 Å². The second-order valence-electron chi connectivity index (χ2n) is 6.86. The zero-order chi connectivity index (χ0) is 16.1. The minimum atomic E-state index is -0.343. The van der Waals surface area contributed by atoms with E-state index in [0.29, 0.717) is 12.5 Å². The number of ether oxygens (including phenoxy) is 1. The lowest BCUT2D eigenvalue weighted by molar-refractivity contribution is -0.00779. The number of piperidine rings is 1. The number of amides is 1. The third-order valence-electron chi connectivity index (χ3n) is 5.42. The van der Waals surface area contributed by atoms with Gasteiger partial charge in [-0.1, -0.05) is 30.3 Å². The summed E-state index contributed by atoms with van der Waals surface area (Å²) in [7, 11) is 0. The monoisotopic (exact) mass is 318 g/mol. The minimum Gasteiger partial charge on any atom is -0.445 e. The molecule has 1 aliphatic heterocycles. The molecule has 5 heteroatoms. The Balaban J connectivity index is 1.48. The van der Waals surface area contributed by atoms with E-state index in [-0.39, 0.29) is 24.2 Å². The lowest BCUT2D eigenvalue weighted by Gasteiger charge is -2.48. The highest BCUT2D eigenvalue weighted by molar-refractivity contribution is 5.67. The summed E-state index contributed by atoms with van der Waals surface area (Å²) in [5, 5.41) is 16.2. The third-order valence-corrected chi connectivity index (χ3v) is 5.42. The molecule has 23 heavy (non-hydrogen) atoms. The van der Waals surface area contributed by atoms with Crippen molar-refractivity contribution in [3.63, 3.8) is 0 Å². The number of alkyl carbamates (subject to hydrolysis) is 1. The largest absolute Gasteiger partial charge is 0.445 e. The van der Waals surface area contributed by atoms with Crippen LogP contribution in [0.2, 0.25) is 0 Å². The second kappa shape index (κ2) is 7.32. The Morgan fingerprint density at radius 1 is 1.35 bits per heavy atom. The first kappa shape index (κ1) is 16.3. The second-order valence-corrected chi connectivity index (χ2v) is 6.86. The number of carbonyl (C=O) groups is 1. The summed E-state index contributed by atoms with van der Waals surface area (Å²) in [6, 6.07) is 9.85. The number of hydrogen-bond acceptors (Lipinski definition) is 4. The molecule has 2 fully saturated rings. The molecule has 126 valence electrons. The number of nitrogens with one attached hydrogen (secondary N) is 2. The Labute approximate surface area is 137 Å². The molecule has 1 aromatic rings. The molecule has 0 bridgehead atoms. The van der Waals surface area contributed by atoms with E-state index >= 15 is 0 Å². The van der Waals surface area contributed by atoms with E-state index in [4.69, 9.17) is 4.74 Å². The Kier molecular flexibility index (Phi) is 5.18. The number of rotatable bonds is 4. The smallest absolute Gasteiger partial charge is 0.407 e. The highest BCUT2D eigenvalue weighted by Gasteiger charge is 2.44. The molecular weight excluding hydrogens is 292 g/mol. The Morgan fingerprint density at radius 3 is 2.96 bits per heavy atom. The zero-order valence-corrected chi connectivity index (χ0v) is 13.5. The first-order valence-corrected chi connectivity index (χ1v) is 8.51. The highest BCUT2D eigenvalue weighted by Crippen LogP contribution is 2.44. The first-order chi connectivity index (χ1) is 11.2. The fourth-order valence-electron chi connectivity index (χ4n) is 3.97. The van der Waals surface area contributed by atoms with Gasteiger partial charge in [0, 0.05) is 18.0 Å². The lowest BCUT2D eigenvalue weighted by atomic mass is 9.62. The fraction of sp³-hybridized carbons (Fsp3) is 0.611. The fourth-order valence-corrected chi connectivity index (χ4v) is 3.97. The predicted molar refractivity (Wildman–Crippen MR) is 87.9 cm³/mol. The van der Waals surface area contributed by atoms with Crippen molar-refractivity contribution in [3.05, 3.63) is 35.9 Å². The maximum Gasteiger partial charge on any atom is 0.407 e. The lowest BCUT2D eigenvalue weighted by Crippen LogP contribution is -2.54. The van der Waals surface area contributed by atoms with Gasteiger partial charge in [0.05, 0.1) is 6.61 Å². The number of aliphatic hydroxyl groups is 1. The van der Waals surface area contributed by atoms with Crippen LogP contribution in [0, 0.1) is 11.3 Å². The van der Waals surface area contributed by atoms with E-state index in [9.17, 15) is 9.90 Å². The molecule has 2 aliphatic rings. The van der Waals surface area contributed by atoms with Gasteiger partial charge in [0.2, 0.25) is 0 Å². The standard InChI is InChI=1S/C18H26N2O3/c21-13-18-8-6-16(10-15(18)7-9-19-12-18)20-17(22)23-11-14-4-2-1-3-5-14/h1-5,15-16,19,21H,6-13H2,(H,20,22)/t15-,16-,18+/m0/s1. The van der Waals surface area contributed by atoms with Gasteiger partial charge >= 0.3 is 6.09 Å². The minimum absolute atomic E-state index is 0.00434. The van der Waals surface area contributed by atoms with Crippen molar-refractivity contribution in [1.82, 2.24) is 10.6 Å². The summed E-state index contributed by atoms with van der Waals surface area (Å²) < 4.78 is 5.31. The Bertz CT molecular complexity index is 522. The normalized spacial score (nSPS) is 30.3. The number of aliphatic hydroxyl groups excluding tert-OH is 1. The average Bonchev–Trinajstić information content (AvgIpc) is 2.61. The van der Waals surface area contributed by atoms with Gasteiger partial charge in [0.25, 0.3) is 0 Å². The van der Waals surface area contributed by atoms with Gasteiger partial charge < -0.3 is 20.5 Å². The van der Waals surface area contributed by atoms with Crippen LogP contribution in [0.4, 0.5) is 4.79 Å². The highest BCUT2D eigenvalue weighted by atomic mass is 16.5. The zero-order valence-electron chi connectivity index (χ0n) is 13.5. The SMILES string of the molecule is O=C(N[C@H]1CC[C@]2(CO)CNCC[C@H]2C1)OCc1ccccc1. The molecular formula is C18H26N2O3. The molecule has 1 aromatic carbocycles. The van der Waals surface area contributed by atoms with Crippen molar-refractivity contribution in [1.29, 1.82) is 0 Å². The summed E-state index contributed by atoms with van der Waals surface area (Å²) in [6.07, 6.45) is 3.51. The van der Waals surface area contributed by atoms with Crippen LogP contribution in [-0.2, 0) is 11.3 Å². The molecule has 1 amide bonds. The number of carbonyl (C=O) groups excluding carboxylic acids is 1. The molecule has 0 unspecified atom stereocenters. The summed E-state index contributed by atoms with van der Waals surface area (Å²) >= 11 is 0. The molecule has 1 heterocycles. The molecule has 3 atom stereocenters. The molecule has 0 radical (unpaired) electrons. The van der Waals surface area contributed by atoms with Gasteiger partial charge in [0.1, 0.15) is 6.61 Å². The van der Waals surface area contributed by atoms with Crippen molar-refractivity contribution in [3.8, 4) is 0 Å². The summed E-state index contributed by atoms with van der Waals surface area (Å²) in [5.74, 6) is 0.474. The van der Waals surface area contributed by atoms with Crippen molar-refractivity contribution < 1.29 is 14.6 Å². The summed E-state index contributed by atoms with van der Waals surface area (Å²) in [5.41, 5.74) is 0.994. The molecule has 3 N–H and O–H groups in total. The van der Waals surface area contributed by atoms with Crippen molar-refractivity contribution in [2.75, 3.05) is 19.7 Å². The topological polar surface area (TPSA) is 70.6 Å². The van der Waals surface area contributed by atoms with Gasteiger partial charge in [-0.05, 0) is 43.7 Å². The molecule has 3 rings (SSSR count). The number of fused-ring (bicyclic) bond motifs is 1. The van der Waals surface area contributed by atoms with E-state index in [1.807, 2.05) is 30.3 Å². The van der Waals surface area contributed by atoms with E-state index in [1.54, 1.807) is 0 Å². The van der Waals surface area contributed by atoms with Crippen LogP contribution >= 0.6 is 0 Å². The molecule has 0 aromatic heterocycles.